The summed E-state index contributed by atoms with van der Waals surface area (Å²) in [4.78, 5) is 23.3. The molecule has 0 radical (unpaired) electrons. The maximum atomic E-state index is 12.2. The van der Waals surface area contributed by atoms with Crippen LogP contribution in [0.25, 0.3) is 0 Å². The Morgan fingerprint density at radius 1 is 1.40 bits per heavy atom. The van der Waals surface area contributed by atoms with E-state index in [0.29, 0.717) is 30.7 Å². The van der Waals surface area contributed by atoms with Crippen molar-refractivity contribution in [3.05, 3.63) is 35.4 Å². The van der Waals surface area contributed by atoms with Crippen molar-refractivity contribution < 1.29 is 14.7 Å². The first-order chi connectivity index (χ1) is 9.60. The summed E-state index contributed by atoms with van der Waals surface area (Å²) in [6.45, 7) is 0.444. The third kappa shape index (κ3) is 4.86. The topological polar surface area (TPSA) is 92.4 Å². The van der Waals surface area contributed by atoms with Crippen molar-refractivity contribution in [2.45, 2.75) is 18.9 Å². The van der Waals surface area contributed by atoms with Crippen molar-refractivity contribution in [3.8, 4) is 0 Å². The van der Waals surface area contributed by atoms with Crippen LogP contribution in [0.3, 0.4) is 0 Å². The average Bonchev–Trinajstić information content (AvgIpc) is 2.43. The number of carboxylic acids is 1. The highest BCUT2D eigenvalue weighted by atomic mass is 32.2. The molecule has 1 amide bonds. The Hall–Kier alpha value is -1.53. The number of thioether (sulfide) groups is 1. The summed E-state index contributed by atoms with van der Waals surface area (Å²) >= 11 is 1.55. The SMILES string of the molecule is CSCC[C@H](NC(=O)c1ccccc1CCN)C(=O)O. The van der Waals surface area contributed by atoms with Gasteiger partial charge in [0.25, 0.3) is 5.91 Å². The number of aliphatic carboxylic acids is 1. The molecule has 1 rings (SSSR count). The highest BCUT2D eigenvalue weighted by Crippen LogP contribution is 2.10. The summed E-state index contributed by atoms with van der Waals surface area (Å²) in [7, 11) is 0. The van der Waals surface area contributed by atoms with Crippen LogP contribution in [0.5, 0.6) is 0 Å². The fourth-order valence-corrected chi connectivity index (χ4v) is 2.32. The number of amides is 1. The predicted octanol–water partition coefficient (Wildman–Crippen LogP) is 1.12. The van der Waals surface area contributed by atoms with Gasteiger partial charge in [-0.2, -0.15) is 11.8 Å². The highest BCUT2D eigenvalue weighted by Gasteiger charge is 2.21. The van der Waals surface area contributed by atoms with Crippen molar-refractivity contribution in [1.82, 2.24) is 5.32 Å². The molecular weight excluding hydrogens is 276 g/mol. The van der Waals surface area contributed by atoms with Gasteiger partial charge in [0.2, 0.25) is 0 Å². The van der Waals surface area contributed by atoms with E-state index < -0.39 is 12.0 Å². The zero-order chi connectivity index (χ0) is 15.0. The molecule has 0 unspecified atom stereocenters. The van der Waals surface area contributed by atoms with Crippen LogP contribution in [0.1, 0.15) is 22.3 Å². The second kappa shape index (κ2) is 8.60. The monoisotopic (exact) mass is 296 g/mol. The van der Waals surface area contributed by atoms with Crippen molar-refractivity contribution in [2.24, 2.45) is 5.73 Å². The zero-order valence-electron chi connectivity index (χ0n) is 11.5. The summed E-state index contributed by atoms with van der Waals surface area (Å²) in [6.07, 6.45) is 2.89. The Bertz CT molecular complexity index is 465. The smallest absolute Gasteiger partial charge is 0.326 e. The van der Waals surface area contributed by atoms with Gasteiger partial charge in [0, 0.05) is 5.56 Å². The summed E-state index contributed by atoms with van der Waals surface area (Å²) < 4.78 is 0. The Morgan fingerprint density at radius 2 is 2.10 bits per heavy atom. The number of benzene rings is 1. The van der Waals surface area contributed by atoms with Crippen LogP contribution >= 0.6 is 11.8 Å². The highest BCUT2D eigenvalue weighted by molar-refractivity contribution is 7.98. The van der Waals surface area contributed by atoms with Gasteiger partial charge in [0.05, 0.1) is 0 Å². The first-order valence-electron chi connectivity index (χ1n) is 6.40. The molecule has 0 aliphatic heterocycles. The normalized spacial score (nSPS) is 11.9. The second-order valence-corrected chi connectivity index (χ2v) is 5.33. The number of hydrogen-bond acceptors (Lipinski definition) is 4. The molecule has 6 heteroatoms. The zero-order valence-corrected chi connectivity index (χ0v) is 12.3. The van der Waals surface area contributed by atoms with Crippen LogP contribution in [0.4, 0.5) is 0 Å². The Balaban J connectivity index is 2.80. The van der Waals surface area contributed by atoms with Gasteiger partial charge in [-0.25, -0.2) is 4.79 Å². The minimum absolute atomic E-state index is 0.359. The summed E-state index contributed by atoms with van der Waals surface area (Å²) in [5.41, 5.74) is 6.84. The standard InChI is InChI=1S/C14H20N2O3S/c1-20-9-7-12(14(18)19)16-13(17)11-5-3-2-4-10(11)6-8-15/h2-5,12H,6-9,15H2,1H3,(H,16,17)(H,18,19)/t12-/m0/s1. The van der Waals surface area contributed by atoms with Crippen molar-refractivity contribution in [1.29, 1.82) is 0 Å². The molecule has 0 aliphatic carbocycles. The van der Waals surface area contributed by atoms with Gasteiger partial charge in [0.15, 0.2) is 0 Å². The summed E-state index contributed by atoms with van der Waals surface area (Å²) in [5.74, 6) is -0.687. The van der Waals surface area contributed by atoms with Gasteiger partial charge in [0.1, 0.15) is 6.04 Å². The second-order valence-electron chi connectivity index (χ2n) is 4.34. The lowest BCUT2D eigenvalue weighted by Crippen LogP contribution is -2.41. The molecule has 0 bridgehead atoms. The Kier molecular flexibility index (Phi) is 7.11. The third-order valence-corrected chi connectivity index (χ3v) is 3.53. The van der Waals surface area contributed by atoms with E-state index in [-0.39, 0.29) is 5.91 Å². The predicted molar refractivity (Wildman–Crippen MR) is 81.1 cm³/mol. The molecule has 1 atom stereocenters. The van der Waals surface area contributed by atoms with Crippen molar-refractivity contribution in [2.75, 3.05) is 18.6 Å². The minimum atomic E-state index is -1.01. The molecule has 0 aromatic heterocycles. The van der Waals surface area contributed by atoms with E-state index in [9.17, 15) is 9.59 Å². The molecule has 0 spiro atoms. The molecule has 20 heavy (non-hydrogen) atoms. The first kappa shape index (κ1) is 16.5. The van der Waals surface area contributed by atoms with E-state index in [1.54, 1.807) is 23.9 Å². The van der Waals surface area contributed by atoms with Crippen LogP contribution in [-0.2, 0) is 11.2 Å². The van der Waals surface area contributed by atoms with Crippen LogP contribution in [0, 0.1) is 0 Å². The van der Waals surface area contributed by atoms with Crippen LogP contribution in [-0.4, -0.2) is 41.6 Å². The molecule has 0 fully saturated rings. The molecule has 0 saturated heterocycles. The number of rotatable bonds is 8. The first-order valence-corrected chi connectivity index (χ1v) is 7.80. The molecule has 0 aliphatic rings. The molecule has 110 valence electrons. The van der Waals surface area contributed by atoms with Crippen LogP contribution in [0.15, 0.2) is 24.3 Å². The molecule has 0 heterocycles. The fraction of sp³-hybridized carbons (Fsp3) is 0.429. The van der Waals surface area contributed by atoms with Gasteiger partial charge in [-0.3, -0.25) is 4.79 Å². The molecular formula is C14H20N2O3S. The van der Waals surface area contributed by atoms with Crippen molar-refractivity contribution >= 4 is 23.6 Å². The largest absolute Gasteiger partial charge is 0.480 e. The Morgan fingerprint density at radius 3 is 2.70 bits per heavy atom. The number of carbonyl (C=O) groups is 2. The maximum absolute atomic E-state index is 12.2. The summed E-state index contributed by atoms with van der Waals surface area (Å²) in [6, 6.07) is 6.25. The van der Waals surface area contributed by atoms with E-state index in [2.05, 4.69) is 5.32 Å². The van der Waals surface area contributed by atoms with E-state index in [1.807, 2.05) is 18.4 Å². The lowest BCUT2D eigenvalue weighted by Gasteiger charge is -2.15. The lowest BCUT2D eigenvalue weighted by atomic mass is 10.0. The molecule has 1 aromatic carbocycles. The number of hydrogen-bond donors (Lipinski definition) is 3. The van der Waals surface area contributed by atoms with Gasteiger partial charge in [-0.1, -0.05) is 18.2 Å². The minimum Gasteiger partial charge on any atom is -0.480 e. The van der Waals surface area contributed by atoms with Gasteiger partial charge in [-0.05, 0) is 43.0 Å². The number of carboxylic acid groups (broad SMARTS) is 1. The van der Waals surface area contributed by atoms with Crippen LogP contribution in [0.2, 0.25) is 0 Å². The fourth-order valence-electron chi connectivity index (χ4n) is 1.84. The maximum Gasteiger partial charge on any atom is 0.326 e. The van der Waals surface area contributed by atoms with Gasteiger partial charge in [-0.15, -0.1) is 0 Å². The number of carbonyl (C=O) groups excluding carboxylic acids is 1. The van der Waals surface area contributed by atoms with Gasteiger partial charge < -0.3 is 16.2 Å². The number of nitrogens with one attached hydrogen (secondary N) is 1. The van der Waals surface area contributed by atoms with E-state index in [1.165, 1.54) is 0 Å². The number of nitrogens with two attached hydrogens (primary N) is 1. The van der Waals surface area contributed by atoms with E-state index in [0.717, 1.165) is 5.56 Å². The Labute approximate surface area is 122 Å². The van der Waals surface area contributed by atoms with Crippen LogP contribution < -0.4 is 11.1 Å². The molecule has 5 nitrogen and oxygen atoms in total. The average molecular weight is 296 g/mol. The van der Waals surface area contributed by atoms with Gasteiger partial charge >= 0.3 is 5.97 Å². The van der Waals surface area contributed by atoms with E-state index >= 15 is 0 Å². The van der Waals surface area contributed by atoms with Crippen molar-refractivity contribution in [3.63, 3.8) is 0 Å². The molecule has 1 aromatic rings. The third-order valence-electron chi connectivity index (χ3n) is 2.89. The lowest BCUT2D eigenvalue weighted by molar-refractivity contribution is -0.139. The molecule has 0 saturated carbocycles. The summed E-state index contributed by atoms with van der Waals surface area (Å²) in [5, 5.41) is 11.7. The van der Waals surface area contributed by atoms with E-state index in [4.69, 9.17) is 10.8 Å². The quantitative estimate of drug-likeness (QED) is 0.668. The molecule has 4 N–H and O–H groups in total.